The number of ether oxygens (including phenoxy) is 3. The van der Waals surface area contributed by atoms with Gasteiger partial charge in [0.05, 0.1) is 0 Å². The Morgan fingerprint density at radius 1 is 1.07 bits per heavy atom. The minimum atomic E-state index is -0.283. The molecule has 0 fully saturated rings. The minimum Gasteiger partial charge on any atom is -0.486 e. The summed E-state index contributed by atoms with van der Waals surface area (Å²) in [5.74, 6) is 1.93. The largest absolute Gasteiger partial charge is 0.486 e. The van der Waals surface area contributed by atoms with Gasteiger partial charge in [-0.15, -0.1) is 0 Å². The van der Waals surface area contributed by atoms with Crippen molar-refractivity contribution in [3.63, 3.8) is 0 Å². The third-order valence-corrected chi connectivity index (χ3v) is 4.66. The van der Waals surface area contributed by atoms with Gasteiger partial charge >= 0.3 is 0 Å². The summed E-state index contributed by atoms with van der Waals surface area (Å²) in [4.78, 5) is 16.9. The van der Waals surface area contributed by atoms with E-state index in [-0.39, 0.29) is 11.8 Å². The van der Waals surface area contributed by atoms with E-state index in [1.165, 1.54) is 0 Å². The highest BCUT2D eigenvalue weighted by Crippen LogP contribution is 2.33. The molecule has 2 aromatic carbocycles. The van der Waals surface area contributed by atoms with E-state index >= 15 is 0 Å². The summed E-state index contributed by atoms with van der Waals surface area (Å²) in [7, 11) is 0. The average molecular weight is 441 g/mol. The van der Waals surface area contributed by atoms with E-state index in [0.29, 0.717) is 42.6 Å². The second kappa shape index (κ2) is 8.31. The topological polar surface area (TPSA) is 69.7 Å². The van der Waals surface area contributed by atoms with Crippen LogP contribution in [0.5, 0.6) is 23.1 Å². The summed E-state index contributed by atoms with van der Waals surface area (Å²) < 4.78 is 18.0. The van der Waals surface area contributed by atoms with Crippen molar-refractivity contribution in [2.75, 3.05) is 13.2 Å². The fourth-order valence-electron chi connectivity index (χ4n) is 2.80. The molecule has 0 radical (unpaired) electrons. The standard InChI is InChI=1S/C21H17BrN2O4/c22-15-6-8-16(9-7-15)28-21-17(4-2-10-23-21)20(25)24-13-14-3-1-5-18-19(14)27-12-11-26-18/h1-10H,11-13H2,(H,24,25). The third-order valence-electron chi connectivity index (χ3n) is 4.13. The van der Waals surface area contributed by atoms with E-state index in [1.807, 2.05) is 30.3 Å². The lowest BCUT2D eigenvalue weighted by molar-refractivity contribution is 0.0947. The fourth-order valence-corrected chi connectivity index (χ4v) is 3.07. The smallest absolute Gasteiger partial charge is 0.257 e. The van der Waals surface area contributed by atoms with Gasteiger partial charge in [0.15, 0.2) is 11.5 Å². The number of fused-ring (bicyclic) bond motifs is 1. The highest BCUT2D eigenvalue weighted by molar-refractivity contribution is 9.10. The number of carbonyl (C=O) groups is 1. The molecule has 7 heteroatoms. The SMILES string of the molecule is O=C(NCc1cccc2c1OCCO2)c1cccnc1Oc1ccc(Br)cc1. The van der Waals surface area contributed by atoms with E-state index in [1.54, 1.807) is 30.5 Å². The minimum absolute atomic E-state index is 0.247. The van der Waals surface area contributed by atoms with Crippen LogP contribution in [0.2, 0.25) is 0 Å². The maximum Gasteiger partial charge on any atom is 0.257 e. The molecule has 0 saturated heterocycles. The molecule has 1 amide bonds. The van der Waals surface area contributed by atoms with E-state index in [0.717, 1.165) is 10.0 Å². The number of hydrogen-bond donors (Lipinski definition) is 1. The quantitative estimate of drug-likeness (QED) is 0.638. The lowest BCUT2D eigenvalue weighted by Crippen LogP contribution is -2.25. The number of para-hydroxylation sites is 1. The molecule has 28 heavy (non-hydrogen) atoms. The maximum atomic E-state index is 12.7. The Balaban J connectivity index is 1.49. The van der Waals surface area contributed by atoms with Crippen molar-refractivity contribution >= 4 is 21.8 Å². The molecule has 3 aromatic rings. The zero-order valence-electron chi connectivity index (χ0n) is 14.9. The highest BCUT2D eigenvalue weighted by atomic mass is 79.9. The molecule has 142 valence electrons. The maximum absolute atomic E-state index is 12.7. The van der Waals surface area contributed by atoms with E-state index in [9.17, 15) is 4.79 Å². The van der Waals surface area contributed by atoms with Crippen LogP contribution in [0.15, 0.2) is 65.3 Å². The van der Waals surface area contributed by atoms with Crippen molar-refractivity contribution in [3.05, 3.63) is 76.4 Å². The number of aromatic nitrogens is 1. The summed E-state index contributed by atoms with van der Waals surface area (Å²) in [6.45, 7) is 1.32. The molecule has 6 nitrogen and oxygen atoms in total. The number of carbonyl (C=O) groups excluding carboxylic acids is 1. The average Bonchev–Trinajstić information content (AvgIpc) is 2.74. The third kappa shape index (κ3) is 4.09. The van der Waals surface area contributed by atoms with Gasteiger partial charge in [-0.2, -0.15) is 0 Å². The number of benzene rings is 2. The van der Waals surface area contributed by atoms with Crippen molar-refractivity contribution in [2.45, 2.75) is 6.54 Å². The van der Waals surface area contributed by atoms with Gasteiger partial charge in [-0.1, -0.05) is 28.1 Å². The van der Waals surface area contributed by atoms with Crippen LogP contribution >= 0.6 is 15.9 Å². The van der Waals surface area contributed by atoms with E-state index in [4.69, 9.17) is 14.2 Å². The highest BCUT2D eigenvalue weighted by Gasteiger charge is 2.18. The Bertz CT molecular complexity index is 992. The van der Waals surface area contributed by atoms with Gasteiger partial charge in [-0.05, 0) is 42.5 Å². The van der Waals surface area contributed by atoms with E-state index in [2.05, 4.69) is 26.2 Å². The first kappa shape index (κ1) is 18.3. The molecule has 2 heterocycles. The van der Waals surface area contributed by atoms with Gasteiger partial charge in [-0.25, -0.2) is 4.98 Å². The summed E-state index contributed by atoms with van der Waals surface area (Å²) >= 11 is 3.38. The number of rotatable bonds is 5. The first-order valence-corrected chi connectivity index (χ1v) is 9.54. The van der Waals surface area contributed by atoms with Crippen LogP contribution in [0, 0.1) is 0 Å². The molecule has 0 spiro atoms. The molecule has 4 rings (SSSR count). The Labute approximate surface area is 170 Å². The number of hydrogen-bond acceptors (Lipinski definition) is 5. The van der Waals surface area contributed by atoms with Crippen molar-refractivity contribution in [1.29, 1.82) is 0 Å². The molecule has 0 unspecified atom stereocenters. The van der Waals surface area contributed by atoms with E-state index < -0.39 is 0 Å². The van der Waals surface area contributed by atoms with Crippen LogP contribution < -0.4 is 19.5 Å². The molecule has 1 aliphatic heterocycles. The molecular weight excluding hydrogens is 424 g/mol. The molecule has 0 bridgehead atoms. The molecule has 0 aliphatic carbocycles. The van der Waals surface area contributed by atoms with Crippen molar-refractivity contribution in [1.82, 2.24) is 10.3 Å². The summed E-state index contributed by atoms with van der Waals surface area (Å²) in [6, 6.07) is 16.3. The van der Waals surface area contributed by atoms with Gasteiger partial charge < -0.3 is 19.5 Å². The number of nitrogens with one attached hydrogen (secondary N) is 1. The Kier molecular flexibility index (Phi) is 5.43. The predicted octanol–water partition coefficient (Wildman–Crippen LogP) is 4.34. The zero-order valence-corrected chi connectivity index (χ0v) is 16.4. The first-order valence-electron chi connectivity index (χ1n) is 8.75. The normalized spacial score (nSPS) is 12.3. The Hall–Kier alpha value is -3.06. The van der Waals surface area contributed by atoms with Gasteiger partial charge in [0.25, 0.3) is 5.91 Å². The second-order valence-corrected chi connectivity index (χ2v) is 6.95. The van der Waals surface area contributed by atoms with Crippen LogP contribution in [0.25, 0.3) is 0 Å². The van der Waals surface area contributed by atoms with Crippen molar-refractivity contribution in [2.24, 2.45) is 0 Å². The lowest BCUT2D eigenvalue weighted by atomic mass is 10.1. The van der Waals surface area contributed by atoms with Crippen molar-refractivity contribution < 1.29 is 19.0 Å². The van der Waals surface area contributed by atoms with Gasteiger partial charge in [0.1, 0.15) is 24.5 Å². The summed E-state index contributed by atoms with van der Waals surface area (Å²) in [5.41, 5.74) is 1.21. The molecule has 1 N–H and O–H groups in total. The van der Waals surface area contributed by atoms with Crippen molar-refractivity contribution in [3.8, 4) is 23.1 Å². The number of halogens is 1. The Morgan fingerprint density at radius 3 is 2.75 bits per heavy atom. The monoisotopic (exact) mass is 440 g/mol. The van der Waals surface area contributed by atoms with Gasteiger partial charge in [-0.3, -0.25) is 4.79 Å². The van der Waals surface area contributed by atoms with Crippen LogP contribution in [-0.4, -0.2) is 24.1 Å². The number of pyridine rings is 1. The molecule has 1 aliphatic rings. The van der Waals surface area contributed by atoms with Gasteiger partial charge in [0.2, 0.25) is 5.88 Å². The lowest BCUT2D eigenvalue weighted by Gasteiger charge is -2.21. The summed E-state index contributed by atoms with van der Waals surface area (Å²) in [6.07, 6.45) is 1.59. The molecule has 1 aromatic heterocycles. The van der Waals surface area contributed by atoms with Crippen LogP contribution in [0.1, 0.15) is 15.9 Å². The molecule has 0 saturated carbocycles. The zero-order chi connectivity index (χ0) is 19.3. The fraction of sp³-hybridized carbons (Fsp3) is 0.143. The van der Waals surface area contributed by atoms with Crippen LogP contribution in [-0.2, 0) is 6.54 Å². The molecular formula is C21H17BrN2O4. The first-order chi connectivity index (χ1) is 13.7. The number of nitrogens with zero attached hydrogens (tertiary/aromatic N) is 1. The van der Waals surface area contributed by atoms with Crippen LogP contribution in [0.4, 0.5) is 0 Å². The molecule has 0 atom stereocenters. The second-order valence-electron chi connectivity index (χ2n) is 6.04. The predicted molar refractivity (Wildman–Crippen MR) is 107 cm³/mol. The number of amides is 1. The van der Waals surface area contributed by atoms with Gasteiger partial charge in [0, 0.05) is 22.8 Å². The summed E-state index contributed by atoms with van der Waals surface area (Å²) in [5, 5.41) is 2.90. The Morgan fingerprint density at radius 2 is 1.89 bits per heavy atom. The van der Waals surface area contributed by atoms with Crippen LogP contribution in [0.3, 0.4) is 0 Å².